The molecular weight excluding hydrogens is 1840 g/mol. The van der Waals surface area contributed by atoms with Gasteiger partial charge in [-0.2, -0.15) is 0 Å². The highest BCUT2D eigenvalue weighted by Crippen LogP contribution is 2.54. The molecule has 0 saturated heterocycles. The lowest BCUT2D eigenvalue weighted by Crippen LogP contribution is -1.91. The van der Waals surface area contributed by atoms with Crippen molar-refractivity contribution in [3.05, 3.63) is 545 Å². The summed E-state index contributed by atoms with van der Waals surface area (Å²) >= 11 is 5.00. The fourth-order valence-electron chi connectivity index (χ4n) is 20.6. The van der Waals surface area contributed by atoms with Crippen LogP contribution in [0.5, 0.6) is 0 Å². The second-order valence-corrected chi connectivity index (χ2v) is 38.2. The average Bonchev–Trinajstić information content (AvgIpc) is 0.895. The van der Waals surface area contributed by atoms with E-state index < -0.39 is 229 Å². The summed E-state index contributed by atoms with van der Waals surface area (Å²) in [4.78, 5) is 0. The fourth-order valence-corrected chi connectivity index (χ4v) is 23.8. The van der Waals surface area contributed by atoms with Crippen LogP contribution in [0.25, 0.3) is 291 Å². The van der Waals surface area contributed by atoms with Gasteiger partial charge < -0.3 is 4.42 Å². The summed E-state index contributed by atoms with van der Waals surface area (Å²) in [6.45, 7) is 0. The third-order valence-corrected chi connectivity index (χ3v) is 30.3. The molecule has 0 amide bonds. The van der Waals surface area contributed by atoms with Crippen molar-refractivity contribution < 1.29 is 67.5 Å². The second kappa shape index (κ2) is 37.2. The molecule has 0 atom stereocenters. The van der Waals surface area contributed by atoms with Gasteiger partial charge in [-0.05, 0) is 252 Å². The maximum Gasteiger partial charge on any atom is 0.143 e. The number of thiophene rings is 3. The minimum absolute atomic E-state index is 0.0134. The standard InChI is InChI=1S/C48H30O.3C32H20S/c1-2-13-33(14-3-1)37-20-10-21-42-43-22-11-23-44(48(43)49-47(37)42)46-40-18-8-6-16-38(40)45(39-17-7-9-19-41(39)46)34-27-24-32(25-28-34)36-29-26-31-12-4-5-15-35(31)30-36;3*1-2-10-21(11-3-1)31-24-13-4-6-15-26(24)32(27-16-7-5-14-25(27)31)22-18-19-30-28(20-22)23-12-8-9-17-29(23)33-30/h1-30H;3*1-20H/i1D,2D,3D,4D,5D,6D,7D,8D,9D,12D,13D,14D,15D,16D,17D,18D,19D,26D,29D,30D;1D,2D,3D,4D,5D,6D,7D,10D,11D,13D,14D,15D,16D;4D,5D,6D,7D,13D,14D,15D,16D;1D,2D,3D,10D,11D. The number of hydrogen-bond donors (Lipinski definition) is 0. The van der Waals surface area contributed by atoms with Crippen LogP contribution in [0.3, 0.4) is 0 Å². The Kier molecular flexibility index (Phi) is 13.1. The van der Waals surface area contributed by atoms with Crippen molar-refractivity contribution in [2.45, 2.75) is 0 Å². The Morgan fingerprint density at radius 1 is 0.142 bits per heavy atom. The zero-order chi connectivity index (χ0) is 138. The molecule has 4 aromatic heterocycles. The van der Waals surface area contributed by atoms with E-state index in [4.69, 9.17) is 62.0 Å². The summed E-state index contributed by atoms with van der Waals surface area (Å²) in [5, 5.41) is 10.0. The van der Waals surface area contributed by atoms with Crippen LogP contribution in [0.15, 0.2) is 549 Å². The van der Waals surface area contributed by atoms with Crippen LogP contribution in [0.4, 0.5) is 0 Å². The Morgan fingerprint density at radius 3 is 0.797 bits per heavy atom. The highest BCUT2D eigenvalue weighted by Gasteiger charge is 2.26. The first-order chi connectivity index (χ1) is 92.6. The Hall–Kier alpha value is -18.3. The quantitative estimate of drug-likeness (QED) is 0.124. The first kappa shape index (κ1) is 52.3. The van der Waals surface area contributed by atoms with Crippen molar-refractivity contribution >= 4 is 213 Å². The zero-order valence-corrected chi connectivity index (χ0v) is 79.5. The summed E-state index contributed by atoms with van der Waals surface area (Å²) in [7, 11) is 0. The molecule has 31 aromatic rings. The van der Waals surface area contributed by atoms with Gasteiger partial charge in [0, 0.05) is 88.0 Å². The molecule has 0 aliphatic carbocycles. The topological polar surface area (TPSA) is 13.1 Å². The molecule has 0 radical (unpaired) electrons. The van der Waals surface area contributed by atoms with Gasteiger partial charge in [0.1, 0.15) is 11.2 Å². The minimum Gasteiger partial charge on any atom is -0.455 e. The molecule has 0 N–H and O–H groups in total. The summed E-state index contributed by atoms with van der Waals surface area (Å²) in [6, 6.07) is 59.3. The number of furan rings is 1. The van der Waals surface area contributed by atoms with Gasteiger partial charge in [-0.25, -0.2) is 0 Å². The Bertz CT molecular complexity index is 13400. The Balaban J connectivity index is 0.000000119. The van der Waals surface area contributed by atoms with Crippen molar-refractivity contribution in [2.24, 2.45) is 0 Å². The molecule has 148 heavy (non-hydrogen) atoms. The van der Waals surface area contributed by atoms with Crippen LogP contribution < -0.4 is 0 Å². The minimum atomic E-state index is -0.696. The molecule has 1 nitrogen and oxygen atoms in total. The van der Waals surface area contributed by atoms with Crippen molar-refractivity contribution in [3.63, 3.8) is 0 Å². The molecule has 0 aliphatic heterocycles. The van der Waals surface area contributed by atoms with Crippen molar-refractivity contribution in [3.8, 4) is 111 Å². The number of para-hydroxylation sites is 2. The predicted octanol–water partition coefficient (Wildman–Crippen LogP) is 42.8. The molecule has 690 valence electrons. The van der Waals surface area contributed by atoms with Crippen LogP contribution in [0.2, 0.25) is 0 Å². The highest BCUT2D eigenvalue weighted by molar-refractivity contribution is 7.26. The summed E-state index contributed by atoms with van der Waals surface area (Å²) < 4.78 is 414. The van der Waals surface area contributed by atoms with Gasteiger partial charge in [0.15, 0.2) is 0 Å². The van der Waals surface area contributed by atoms with Crippen molar-refractivity contribution in [1.29, 1.82) is 0 Å². The lowest BCUT2D eigenvalue weighted by atomic mass is 9.85. The van der Waals surface area contributed by atoms with E-state index in [2.05, 4.69) is 54.6 Å². The monoisotopic (exact) mass is 1980 g/mol. The van der Waals surface area contributed by atoms with Gasteiger partial charge in [-0.1, -0.05) is 484 Å². The van der Waals surface area contributed by atoms with Crippen molar-refractivity contribution in [1.82, 2.24) is 0 Å². The van der Waals surface area contributed by atoms with Crippen LogP contribution in [-0.2, 0) is 0 Å². The van der Waals surface area contributed by atoms with Crippen LogP contribution in [0, 0.1) is 0 Å². The molecule has 0 spiro atoms. The van der Waals surface area contributed by atoms with E-state index in [9.17, 15) is 5.48 Å². The van der Waals surface area contributed by atoms with Gasteiger partial charge in [-0.3, -0.25) is 0 Å². The van der Waals surface area contributed by atoms with E-state index in [1.807, 2.05) is 121 Å². The largest absolute Gasteiger partial charge is 0.455 e. The van der Waals surface area contributed by atoms with E-state index >= 15 is 0 Å². The molecule has 0 fully saturated rings. The summed E-state index contributed by atoms with van der Waals surface area (Å²) in [5.41, 5.74) is 5.40. The number of fused-ring (bicyclic) bond motifs is 21. The molecular formula is C144H90OS3. The smallest absolute Gasteiger partial charge is 0.143 e. The van der Waals surface area contributed by atoms with E-state index in [1.165, 1.54) is 44.4 Å². The zero-order valence-electron chi connectivity index (χ0n) is 123. The predicted molar refractivity (Wildman–Crippen MR) is 644 cm³/mol. The third-order valence-electron chi connectivity index (χ3n) is 26.9. The SMILES string of the molecule is [2H]c1c([2H])c([2H])c(-c2c3c([2H])c([2H])c([2H])c([2H])c3c(-c3ccc4sc5ccccc5c4c3)c3c([2H])c([2H])c([2H])c([2H])c23)c([2H])c1[2H].[2H]c1c([2H])c([2H])c(-c2c3ccccc3c(-c3ccc4sc5ccccc5c4c3)c3ccccc23)c([2H])c1[2H].[2H]c1c([2H])c([2H])c(-c2cccc3c2oc2c(-c4c5c([2H])c([2H])c([2H])c([2H])c5c(-c5ccc(-c6c([2H])c([2H])c7c([2H])c([2H])c([2H])c([2H])c7c6[2H])cc5)c5c([2H])c([2H])c([2H])c([2H])c45)cccc23)c([2H])c1[2H].[2H]c1c([2H])c([2H])c2c(-c3ccc4sc5ccccc5c4c3)c3c([2H])c([2H])c([2H])c([2H])c3c(-c3ccccc3)c2c1[2H]. The van der Waals surface area contributed by atoms with Crippen LogP contribution in [0.1, 0.15) is 63.1 Å². The number of rotatable bonds is 10. The van der Waals surface area contributed by atoms with Gasteiger partial charge in [0.25, 0.3) is 0 Å². The summed E-state index contributed by atoms with van der Waals surface area (Å²) in [5.74, 6) is 0. The van der Waals surface area contributed by atoms with E-state index in [1.54, 1.807) is 101 Å². The van der Waals surface area contributed by atoms with Gasteiger partial charge >= 0.3 is 0 Å². The average molecular weight is 1980 g/mol. The first-order valence-electron chi connectivity index (χ1n) is 70.0. The normalized spacial score (nSPS) is 16.0. The number of hydrogen-bond acceptors (Lipinski definition) is 4. The van der Waals surface area contributed by atoms with E-state index in [-0.39, 0.29) is 202 Å². The molecule has 4 heteroatoms. The van der Waals surface area contributed by atoms with Crippen molar-refractivity contribution in [2.75, 3.05) is 0 Å². The first-order valence-corrected chi connectivity index (χ1v) is 49.4. The molecule has 0 aliphatic rings. The molecule has 0 bridgehead atoms. The van der Waals surface area contributed by atoms with Gasteiger partial charge in [-0.15, -0.1) is 34.0 Å². The van der Waals surface area contributed by atoms with E-state index in [0.29, 0.717) is 44.2 Å². The molecule has 4 heterocycles. The lowest BCUT2D eigenvalue weighted by Gasteiger charge is -2.18. The van der Waals surface area contributed by atoms with Crippen LogP contribution >= 0.6 is 34.0 Å². The van der Waals surface area contributed by atoms with Gasteiger partial charge in [0.2, 0.25) is 0 Å². The highest BCUT2D eigenvalue weighted by atomic mass is 32.1. The third kappa shape index (κ3) is 15.2. The second-order valence-electron chi connectivity index (χ2n) is 34.9. The molecule has 0 unspecified atom stereocenters. The maximum atomic E-state index is 9.46. The molecule has 31 rings (SSSR count). The lowest BCUT2D eigenvalue weighted by molar-refractivity contribution is 0.671. The number of benzene rings is 27. The Labute approximate surface area is 932 Å². The fraction of sp³-hybridized carbons (Fsp3) is 0. The van der Waals surface area contributed by atoms with E-state index in [0.717, 1.165) is 73.0 Å². The Morgan fingerprint density at radius 2 is 0.405 bits per heavy atom. The summed E-state index contributed by atoms with van der Waals surface area (Å²) in [6.07, 6.45) is 0. The van der Waals surface area contributed by atoms with Crippen LogP contribution in [-0.4, -0.2) is 0 Å². The van der Waals surface area contributed by atoms with Gasteiger partial charge in [0.05, 0.1) is 63.1 Å². The maximum absolute atomic E-state index is 9.46. The molecule has 0 saturated carbocycles. The molecule has 27 aromatic carbocycles.